The van der Waals surface area contributed by atoms with Gasteiger partial charge in [0.15, 0.2) is 5.69 Å². The minimum atomic E-state index is -4.77. The molecular formula is C17H12F4N2O. The van der Waals surface area contributed by atoms with Gasteiger partial charge >= 0.3 is 6.18 Å². The van der Waals surface area contributed by atoms with Crippen LogP contribution in [-0.2, 0) is 6.18 Å². The Kier molecular flexibility index (Phi) is 4.01. The van der Waals surface area contributed by atoms with Crippen molar-refractivity contribution in [1.29, 1.82) is 0 Å². The molecule has 0 saturated carbocycles. The van der Waals surface area contributed by atoms with Crippen molar-refractivity contribution in [2.24, 2.45) is 0 Å². The number of alkyl halides is 3. The lowest BCUT2D eigenvalue weighted by Gasteiger charge is -2.05. The van der Waals surface area contributed by atoms with Crippen molar-refractivity contribution in [3.8, 4) is 22.6 Å². The smallest absolute Gasteiger partial charge is 0.435 e. The van der Waals surface area contributed by atoms with Crippen LogP contribution in [0, 0.1) is 5.95 Å². The van der Waals surface area contributed by atoms with Crippen LogP contribution >= 0.6 is 0 Å². The molecule has 0 saturated heterocycles. The topological polar surface area (TPSA) is 27.1 Å². The molecule has 1 aromatic heterocycles. The van der Waals surface area contributed by atoms with Gasteiger partial charge in [0, 0.05) is 0 Å². The van der Waals surface area contributed by atoms with Crippen molar-refractivity contribution in [1.82, 2.24) is 9.78 Å². The third-order valence-electron chi connectivity index (χ3n) is 3.48. The van der Waals surface area contributed by atoms with Gasteiger partial charge in [-0.15, -0.1) is 0 Å². The molecule has 2 aromatic carbocycles. The maximum atomic E-state index is 14.7. The van der Waals surface area contributed by atoms with Crippen LogP contribution in [-0.4, -0.2) is 16.9 Å². The molecule has 0 atom stereocenters. The van der Waals surface area contributed by atoms with Crippen LogP contribution in [0.15, 0.2) is 54.6 Å². The number of nitrogens with zero attached hydrogens (tertiary/aromatic N) is 2. The Hall–Kier alpha value is -2.83. The molecule has 0 fully saturated rings. The van der Waals surface area contributed by atoms with E-state index in [0.29, 0.717) is 10.4 Å². The fourth-order valence-corrected chi connectivity index (χ4v) is 2.35. The van der Waals surface area contributed by atoms with E-state index in [4.69, 9.17) is 4.74 Å². The Morgan fingerprint density at radius 1 is 0.958 bits per heavy atom. The summed E-state index contributed by atoms with van der Waals surface area (Å²) in [5.41, 5.74) is -1.55. The van der Waals surface area contributed by atoms with E-state index in [9.17, 15) is 17.6 Å². The van der Waals surface area contributed by atoms with Gasteiger partial charge in [-0.25, -0.2) is 4.68 Å². The van der Waals surface area contributed by atoms with Gasteiger partial charge in [0.05, 0.1) is 18.4 Å². The van der Waals surface area contributed by atoms with Crippen molar-refractivity contribution in [3.05, 3.63) is 66.2 Å². The highest BCUT2D eigenvalue weighted by atomic mass is 19.4. The van der Waals surface area contributed by atoms with E-state index in [2.05, 4.69) is 5.10 Å². The van der Waals surface area contributed by atoms with Crippen molar-refractivity contribution < 1.29 is 22.3 Å². The first kappa shape index (κ1) is 16.0. The van der Waals surface area contributed by atoms with Crippen molar-refractivity contribution in [3.63, 3.8) is 0 Å². The molecule has 0 unspecified atom stereocenters. The first-order chi connectivity index (χ1) is 11.4. The second-order valence-corrected chi connectivity index (χ2v) is 4.99. The number of benzene rings is 2. The molecule has 0 aliphatic rings. The molecule has 0 radical (unpaired) electrons. The normalized spacial score (nSPS) is 11.5. The first-order valence-electron chi connectivity index (χ1n) is 6.97. The van der Waals surface area contributed by atoms with Crippen LogP contribution in [0.3, 0.4) is 0 Å². The molecule has 1 heterocycles. The Morgan fingerprint density at radius 3 is 2.12 bits per heavy atom. The number of methoxy groups -OCH3 is 1. The number of aromatic nitrogens is 2. The van der Waals surface area contributed by atoms with Crippen LogP contribution in [0.5, 0.6) is 5.75 Å². The molecule has 3 aromatic rings. The number of rotatable bonds is 3. The number of halogens is 4. The predicted octanol–water partition coefficient (Wildman–Crippen LogP) is 4.71. The lowest BCUT2D eigenvalue weighted by atomic mass is 10.1. The summed E-state index contributed by atoms with van der Waals surface area (Å²) < 4.78 is 60.3. The van der Waals surface area contributed by atoms with Crippen LogP contribution in [0.25, 0.3) is 16.8 Å². The molecular weight excluding hydrogens is 324 g/mol. The lowest BCUT2D eigenvalue weighted by molar-refractivity contribution is -0.140. The molecule has 0 amide bonds. The fraction of sp³-hybridized carbons (Fsp3) is 0.118. The lowest BCUT2D eigenvalue weighted by Crippen LogP contribution is -2.08. The zero-order valence-electron chi connectivity index (χ0n) is 12.5. The average molecular weight is 336 g/mol. The Morgan fingerprint density at radius 2 is 1.58 bits per heavy atom. The summed E-state index contributed by atoms with van der Waals surface area (Å²) in [4.78, 5) is 0. The van der Waals surface area contributed by atoms with E-state index in [0.717, 1.165) is 0 Å². The van der Waals surface area contributed by atoms with Gasteiger partial charge in [0.1, 0.15) is 5.75 Å². The summed E-state index contributed by atoms with van der Waals surface area (Å²) in [5.74, 6) is -0.565. The molecule has 3 nitrogen and oxygen atoms in total. The van der Waals surface area contributed by atoms with Crippen LogP contribution in [0.2, 0.25) is 0 Å². The summed E-state index contributed by atoms with van der Waals surface area (Å²) >= 11 is 0. The van der Waals surface area contributed by atoms with Crippen molar-refractivity contribution in [2.45, 2.75) is 6.18 Å². The quantitative estimate of drug-likeness (QED) is 0.648. The fourth-order valence-electron chi connectivity index (χ4n) is 2.35. The third-order valence-corrected chi connectivity index (χ3v) is 3.48. The maximum Gasteiger partial charge on any atom is 0.435 e. The Balaban J connectivity index is 2.20. The van der Waals surface area contributed by atoms with Gasteiger partial charge in [0.2, 0.25) is 5.95 Å². The van der Waals surface area contributed by atoms with Gasteiger partial charge in [-0.3, -0.25) is 0 Å². The molecule has 0 spiro atoms. The van der Waals surface area contributed by atoms with Gasteiger partial charge < -0.3 is 4.74 Å². The highest BCUT2D eigenvalue weighted by molar-refractivity contribution is 5.67. The molecule has 3 rings (SSSR count). The molecule has 0 bridgehead atoms. The van der Waals surface area contributed by atoms with Crippen LogP contribution < -0.4 is 4.74 Å². The highest BCUT2D eigenvalue weighted by Gasteiger charge is 2.40. The summed E-state index contributed by atoms with van der Waals surface area (Å²) in [6, 6.07) is 13.5. The summed E-state index contributed by atoms with van der Waals surface area (Å²) in [7, 11) is 1.46. The SMILES string of the molecule is COc1ccc(-n2nc(C(F)(F)F)c(-c3ccccc3)c2F)cc1. The second kappa shape index (κ2) is 5.99. The van der Waals surface area contributed by atoms with E-state index in [1.807, 2.05) is 0 Å². The summed E-state index contributed by atoms with van der Waals surface area (Å²) in [6.45, 7) is 0. The zero-order valence-corrected chi connectivity index (χ0v) is 12.5. The molecule has 0 aliphatic heterocycles. The Labute approximate surface area is 135 Å². The van der Waals surface area contributed by atoms with Crippen LogP contribution in [0.1, 0.15) is 5.69 Å². The highest BCUT2D eigenvalue weighted by Crippen LogP contribution is 2.38. The maximum absolute atomic E-state index is 14.7. The zero-order chi connectivity index (χ0) is 17.3. The minimum absolute atomic E-state index is 0.113. The van der Waals surface area contributed by atoms with Crippen molar-refractivity contribution in [2.75, 3.05) is 7.11 Å². The van der Waals surface area contributed by atoms with Gasteiger partial charge in [-0.2, -0.15) is 22.7 Å². The number of ether oxygens (including phenoxy) is 1. The predicted molar refractivity (Wildman–Crippen MR) is 80.5 cm³/mol. The molecule has 0 aliphatic carbocycles. The van der Waals surface area contributed by atoms with Gasteiger partial charge in [0.25, 0.3) is 0 Å². The minimum Gasteiger partial charge on any atom is -0.497 e. The summed E-state index contributed by atoms with van der Waals surface area (Å²) in [6.07, 6.45) is -4.77. The largest absolute Gasteiger partial charge is 0.497 e. The number of hydrogen-bond acceptors (Lipinski definition) is 2. The number of hydrogen-bond donors (Lipinski definition) is 0. The van der Waals surface area contributed by atoms with E-state index < -0.39 is 23.4 Å². The van der Waals surface area contributed by atoms with E-state index in [1.54, 1.807) is 18.2 Å². The van der Waals surface area contributed by atoms with E-state index in [-0.39, 0.29) is 11.3 Å². The van der Waals surface area contributed by atoms with Gasteiger partial charge in [-0.05, 0) is 29.8 Å². The standard InChI is InChI=1S/C17H12F4N2O/c1-24-13-9-7-12(8-10-13)23-16(18)14(11-5-3-2-4-6-11)15(22-23)17(19,20)21/h2-10H,1H3. The van der Waals surface area contributed by atoms with E-state index >= 15 is 0 Å². The van der Waals surface area contributed by atoms with Gasteiger partial charge in [-0.1, -0.05) is 30.3 Å². The first-order valence-corrected chi connectivity index (χ1v) is 6.97. The second-order valence-electron chi connectivity index (χ2n) is 4.99. The third kappa shape index (κ3) is 2.84. The monoisotopic (exact) mass is 336 g/mol. The average Bonchev–Trinajstić information content (AvgIpc) is 2.93. The van der Waals surface area contributed by atoms with E-state index in [1.165, 1.54) is 43.5 Å². The van der Waals surface area contributed by atoms with Crippen LogP contribution in [0.4, 0.5) is 17.6 Å². The summed E-state index contributed by atoms with van der Waals surface area (Å²) in [5, 5.41) is 3.46. The molecule has 7 heteroatoms. The molecule has 124 valence electrons. The van der Waals surface area contributed by atoms with Crippen molar-refractivity contribution >= 4 is 0 Å². The Bertz CT molecular complexity index is 840. The molecule has 0 N–H and O–H groups in total. The molecule has 24 heavy (non-hydrogen) atoms.